The van der Waals surface area contributed by atoms with Gasteiger partial charge in [-0.1, -0.05) is 25.1 Å². The molecule has 0 saturated carbocycles. The molecule has 2 aromatic carbocycles. The zero-order valence-electron chi connectivity index (χ0n) is 18.3. The van der Waals surface area contributed by atoms with Crippen molar-refractivity contribution >= 4 is 22.6 Å². The molecule has 0 fully saturated rings. The molecule has 2 aromatic heterocycles. The Balaban J connectivity index is 1.89. The van der Waals surface area contributed by atoms with Crippen molar-refractivity contribution in [2.75, 3.05) is 5.32 Å². The second-order valence-electron chi connectivity index (χ2n) is 7.75. The number of carbonyl (C=O) groups excluding carboxylic acids is 1. The topological polar surface area (TPSA) is 68.9 Å². The van der Waals surface area contributed by atoms with Crippen molar-refractivity contribution in [3.8, 4) is 5.69 Å². The van der Waals surface area contributed by atoms with Crippen LogP contribution in [0, 0.1) is 12.7 Å². The van der Waals surface area contributed by atoms with Crippen LogP contribution in [0.3, 0.4) is 0 Å². The van der Waals surface area contributed by atoms with Gasteiger partial charge in [-0.05, 0) is 49.2 Å². The summed E-state index contributed by atoms with van der Waals surface area (Å²) in [7, 11) is 0. The molecule has 0 aliphatic heterocycles. The summed E-state index contributed by atoms with van der Waals surface area (Å²) in [6.45, 7) is 2.78. The molecule has 0 aliphatic carbocycles. The monoisotopic (exact) mass is 472 g/mol. The highest BCUT2D eigenvalue weighted by Gasteiger charge is 2.36. The van der Waals surface area contributed by atoms with Crippen LogP contribution >= 0.6 is 0 Å². The Morgan fingerprint density at radius 1 is 1.09 bits per heavy atom. The number of carbonyl (C=O) groups is 1. The molecular formula is C24H20F4N4O2. The third kappa shape index (κ3) is 4.43. The average molecular weight is 472 g/mol. The Bertz CT molecular complexity index is 1440. The third-order valence-corrected chi connectivity index (χ3v) is 5.40. The Hall–Kier alpha value is -3.95. The number of aryl methyl sites for hydroxylation is 2. The number of nitrogens with zero attached hydrogens (tertiary/aromatic N) is 3. The van der Waals surface area contributed by atoms with E-state index in [1.165, 1.54) is 29.8 Å². The molecule has 1 amide bonds. The standard InChI is InChI=1S/C24H20F4N4O2/c1-3-15-7-9-18(10-8-15)32-23-22(14(2)30-32)19(24(26,27)28)12-21(34)31(23)13-20(33)29-17-6-4-5-16(25)11-17/h4-12H,3,13H2,1-2H3,(H,29,33). The molecule has 0 aliphatic rings. The summed E-state index contributed by atoms with van der Waals surface area (Å²) in [5.41, 5.74) is -0.630. The van der Waals surface area contributed by atoms with Crippen LogP contribution in [0.2, 0.25) is 0 Å². The van der Waals surface area contributed by atoms with Crippen LogP contribution in [0.4, 0.5) is 23.2 Å². The number of nitrogens with one attached hydrogen (secondary N) is 1. The SMILES string of the molecule is CCc1ccc(-n2nc(C)c3c(C(F)(F)F)cc(=O)n(CC(=O)Nc4cccc(F)c4)c32)cc1. The first-order valence-electron chi connectivity index (χ1n) is 10.4. The Labute approximate surface area is 191 Å². The van der Waals surface area contributed by atoms with Gasteiger partial charge in [-0.3, -0.25) is 14.2 Å². The van der Waals surface area contributed by atoms with Crippen molar-refractivity contribution in [3.63, 3.8) is 0 Å². The van der Waals surface area contributed by atoms with E-state index in [0.717, 1.165) is 22.6 Å². The highest BCUT2D eigenvalue weighted by atomic mass is 19.4. The molecule has 4 aromatic rings. The highest BCUT2D eigenvalue weighted by molar-refractivity contribution is 5.92. The van der Waals surface area contributed by atoms with Gasteiger partial charge in [0.2, 0.25) is 5.91 Å². The lowest BCUT2D eigenvalue weighted by Gasteiger charge is -2.15. The summed E-state index contributed by atoms with van der Waals surface area (Å²) >= 11 is 0. The van der Waals surface area contributed by atoms with Crippen molar-refractivity contribution in [2.24, 2.45) is 0 Å². The molecule has 10 heteroatoms. The summed E-state index contributed by atoms with van der Waals surface area (Å²) in [6, 6.07) is 12.6. The number of fused-ring (bicyclic) bond motifs is 1. The number of benzene rings is 2. The summed E-state index contributed by atoms with van der Waals surface area (Å²) in [6.07, 6.45) is -4.03. The van der Waals surface area contributed by atoms with Crippen LogP contribution in [-0.4, -0.2) is 20.3 Å². The van der Waals surface area contributed by atoms with Crippen LogP contribution in [0.15, 0.2) is 59.4 Å². The van der Waals surface area contributed by atoms with Crippen LogP contribution in [-0.2, 0) is 23.9 Å². The summed E-state index contributed by atoms with van der Waals surface area (Å²) in [5.74, 6) is -1.28. The van der Waals surface area contributed by atoms with Gasteiger partial charge in [0, 0.05) is 11.8 Å². The van der Waals surface area contributed by atoms with Gasteiger partial charge < -0.3 is 5.32 Å². The summed E-state index contributed by atoms with van der Waals surface area (Å²) < 4.78 is 57.0. The number of alkyl halides is 3. The molecule has 0 unspecified atom stereocenters. The van der Waals surface area contributed by atoms with Crippen molar-refractivity contribution in [1.82, 2.24) is 14.3 Å². The van der Waals surface area contributed by atoms with Crippen molar-refractivity contribution in [1.29, 1.82) is 0 Å². The number of halogens is 4. The highest BCUT2D eigenvalue weighted by Crippen LogP contribution is 2.36. The van der Waals surface area contributed by atoms with E-state index in [1.54, 1.807) is 12.1 Å². The lowest BCUT2D eigenvalue weighted by atomic mass is 10.1. The normalized spacial score (nSPS) is 11.7. The van der Waals surface area contributed by atoms with E-state index in [-0.39, 0.29) is 22.4 Å². The van der Waals surface area contributed by atoms with Gasteiger partial charge in [0.15, 0.2) is 0 Å². The predicted octanol–water partition coefficient (Wildman–Crippen LogP) is 4.85. The van der Waals surface area contributed by atoms with Crippen LogP contribution in [0.5, 0.6) is 0 Å². The molecule has 176 valence electrons. The average Bonchev–Trinajstić information content (AvgIpc) is 3.12. The van der Waals surface area contributed by atoms with Crippen LogP contribution < -0.4 is 10.9 Å². The minimum atomic E-state index is -4.80. The largest absolute Gasteiger partial charge is 0.417 e. The van der Waals surface area contributed by atoms with E-state index in [2.05, 4.69) is 10.4 Å². The fourth-order valence-corrected chi connectivity index (χ4v) is 3.80. The van der Waals surface area contributed by atoms with E-state index in [1.807, 2.05) is 19.1 Å². The maximum absolute atomic E-state index is 13.8. The number of pyridine rings is 1. The molecule has 6 nitrogen and oxygen atoms in total. The van der Waals surface area contributed by atoms with Gasteiger partial charge in [0.05, 0.1) is 22.3 Å². The zero-order chi connectivity index (χ0) is 24.6. The van der Waals surface area contributed by atoms with Gasteiger partial charge in [0.25, 0.3) is 5.56 Å². The fourth-order valence-electron chi connectivity index (χ4n) is 3.80. The lowest BCUT2D eigenvalue weighted by Crippen LogP contribution is -2.30. The van der Waals surface area contributed by atoms with Gasteiger partial charge in [-0.2, -0.15) is 18.3 Å². The Morgan fingerprint density at radius 3 is 2.41 bits per heavy atom. The number of amides is 1. The first kappa shape index (κ1) is 23.2. The van der Waals surface area contributed by atoms with Crippen molar-refractivity contribution < 1.29 is 22.4 Å². The van der Waals surface area contributed by atoms with Crippen LogP contribution in [0.25, 0.3) is 16.7 Å². The Kier molecular flexibility index (Phi) is 5.99. The van der Waals surface area contributed by atoms with E-state index in [4.69, 9.17) is 0 Å². The fraction of sp³-hybridized carbons (Fsp3) is 0.208. The van der Waals surface area contributed by atoms with Gasteiger partial charge >= 0.3 is 6.18 Å². The van der Waals surface area contributed by atoms with E-state index < -0.39 is 35.6 Å². The molecule has 0 atom stereocenters. The first-order chi connectivity index (χ1) is 16.1. The molecule has 1 N–H and O–H groups in total. The van der Waals surface area contributed by atoms with Gasteiger partial charge in [0.1, 0.15) is 18.0 Å². The van der Waals surface area contributed by atoms with E-state index in [9.17, 15) is 27.2 Å². The van der Waals surface area contributed by atoms with Crippen molar-refractivity contribution in [3.05, 3.63) is 87.6 Å². The molecule has 2 heterocycles. The lowest BCUT2D eigenvalue weighted by molar-refractivity contribution is -0.136. The summed E-state index contributed by atoms with van der Waals surface area (Å²) in [5, 5.41) is 6.46. The number of aromatic nitrogens is 3. The molecule has 0 bridgehead atoms. The zero-order valence-corrected chi connectivity index (χ0v) is 18.3. The molecule has 0 spiro atoms. The Morgan fingerprint density at radius 2 is 1.79 bits per heavy atom. The smallest absolute Gasteiger partial charge is 0.324 e. The molecule has 0 radical (unpaired) electrons. The maximum Gasteiger partial charge on any atom is 0.417 e. The van der Waals surface area contributed by atoms with Gasteiger partial charge in [-0.25, -0.2) is 9.07 Å². The molecule has 0 saturated heterocycles. The van der Waals surface area contributed by atoms with Crippen molar-refractivity contribution in [2.45, 2.75) is 33.0 Å². The second-order valence-corrected chi connectivity index (χ2v) is 7.75. The molecular weight excluding hydrogens is 452 g/mol. The van der Waals surface area contributed by atoms with E-state index >= 15 is 0 Å². The number of rotatable bonds is 5. The van der Waals surface area contributed by atoms with E-state index in [0.29, 0.717) is 11.8 Å². The number of hydrogen-bond donors (Lipinski definition) is 1. The molecule has 34 heavy (non-hydrogen) atoms. The predicted molar refractivity (Wildman–Crippen MR) is 119 cm³/mol. The molecule has 4 rings (SSSR count). The third-order valence-electron chi connectivity index (χ3n) is 5.40. The minimum absolute atomic E-state index is 0.0566. The van der Waals surface area contributed by atoms with Crippen LogP contribution in [0.1, 0.15) is 23.7 Å². The summed E-state index contributed by atoms with van der Waals surface area (Å²) in [4.78, 5) is 25.5. The van der Waals surface area contributed by atoms with Gasteiger partial charge in [-0.15, -0.1) is 0 Å². The minimum Gasteiger partial charge on any atom is -0.324 e. The second kappa shape index (κ2) is 8.77. The quantitative estimate of drug-likeness (QED) is 0.422. The number of hydrogen-bond acceptors (Lipinski definition) is 3. The first-order valence-corrected chi connectivity index (χ1v) is 10.4. The maximum atomic E-state index is 13.8. The number of anilines is 1.